The quantitative estimate of drug-likeness (QED) is 0.636. The average Bonchev–Trinajstić information content (AvgIpc) is 2.74. The molecule has 154 valence electrons. The molecule has 2 aromatic carbocycles. The Balaban J connectivity index is 2.23. The third-order valence-corrected chi connectivity index (χ3v) is 6.73. The minimum Gasteiger partial charge on any atom is -0.506 e. The monoisotopic (exact) mass is 453 g/mol. The van der Waals surface area contributed by atoms with Crippen LogP contribution in [0.25, 0.3) is 0 Å². The highest BCUT2D eigenvalue weighted by Crippen LogP contribution is 2.50. The van der Waals surface area contributed by atoms with Gasteiger partial charge in [0.25, 0.3) is 0 Å². The van der Waals surface area contributed by atoms with Crippen molar-refractivity contribution in [2.24, 2.45) is 5.92 Å². The Morgan fingerprint density at radius 2 is 1.93 bits per heavy atom. The van der Waals surface area contributed by atoms with E-state index in [1.165, 1.54) is 17.8 Å². The third-order valence-electron chi connectivity index (χ3n) is 4.60. The van der Waals surface area contributed by atoms with E-state index in [9.17, 15) is 19.8 Å². The lowest BCUT2D eigenvalue weighted by atomic mass is 10.0. The number of carboxylic acid groups (broad SMARTS) is 1. The van der Waals surface area contributed by atoms with Crippen molar-refractivity contribution in [3.8, 4) is 5.75 Å². The van der Waals surface area contributed by atoms with Gasteiger partial charge in [-0.1, -0.05) is 49.2 Å². The van der Waals surface area contributed by atoms with E-state index < -0.39 is 16.5 Å². The smallest absolute Gasteiger partial charge is 0.305 e. The summed E-state index contributed by atoms with van der Waals surface area (Å²) < 4.78 is 0. The second-order valence-corrected chi connectivity index (χ2v) is 9.46. The summed E-state index contributed by atoms with van der Waals surface area (Å²) in [6, 6.07) is 10.2. The number of carbonyl (C=O) groups is 2. The van der Waals surface area contributed by atoms with Crippen molar-refractivity contribution in [2.45, 2.75) is 30.8 Å². The van der Waals surface area contributed by atoms with E-state index in [2.05, 4.69) is 0 Å². The van der Waals surface area contributed by atoms with Crippen LogP contribution in [-0.2, 0) is 9.59 Å². The number of aromatic hydroxyl groups is 1. The van der Waals surface area contributed by atoms with Crippen molar-refractivity contribution in [2.75, 3.05) is 11.4 Å². The molecule has 2 unspecified atom stereocenters. The first-order valence-electron chi connectivity index (χ1n) is 9.14. The molecule has 0 aliphatic carbocycles. The van der Waals surface area contributed by atoms with Gasteiger partial charge in [-0.15, -0.1) is 11.8 Å². The van der Waals surface area contributed by atoms with Gasteiger partial charge in [0.15, 0.2) is 0 Å². The molecule has 2 aromatic rings. The second kappa shape index (κ2) is 8.86. The second-order valence-electron chi connectivity index (χ2n) is 7.33. The molecule has 0 saturated heterocycles. The van der Waals surface area contributed by atoms with E-state index in [4.69, 9.17) is 23.2 Å². The maximum absolute atomic E-state index is 13.3. The lowest BCUT2D eigenvalue weighted by Gasteiger charge is -2.27. The van der Waals surface area contributed by atoms with Gasteiger partial charge >= 0.3 is 5.97 Å². The number of anilines is 1. The number of amides is 1. The normalized spacial score (nSPS) is 19.2. The number of benzene rings is 2. The number of hydrogen-bond acceptors (Lipinski definition) is 4. The van der Waals surface area contributed by atoms with Crippen LogP contribution in [0, 0.1) is 5.92 Å². The van der Waals surface area contributed by atoms with Gasteiger partial charge in [-0.05, 0) is 41.3 Å². The maximum atomic E-state index is 13.3. The van der Waals surface area contributed by atoms with Gasteiger partial charge in [-0.25, -0.2) is 0 Å². The van der Waals surface area contributed by atoms with Crippen LogP contribution in [-0.4, -0.2) is 33.9 Å². The first-order valence-corrected chi connectivity index (χ1v) is 10.8. The van der Waals surface area contributed by atoms with Crippen LogP contribution in [0.3, 0.4) is 0 Å². The number of fused-ring (bicyclic) bond motifs is 1. The van der Waals surface area contributed by atoms with Crippen LogP contribution in [0.2, 0.25) is 10.0 Å². The van der Waals surface area contributed by atoms with E-state index in [0.717, 1.165) is 5.56 Å². The molecule has 1 heterocycles. The molecule has 0 saturated carbocycles. The lowest BCUT2D eigenvalue weighted by molar-refractivity contribution is -0.138. The van der Waals surface area contributed by atoms with Crippen LogP contribution in [0.5, 0.6) is 5.75 Å². The fourth-order valence-electron chi connectivity index (χ4n) is 3.40. The van der Waals surface area contributed by atoms with Crippen LogP contribution in [0.1, 0.15) is 36.6 Å². The molecule has 0 spiro atoms. The molecular weight excluding hydrogens is 433 g/mol. The Kier molecular flexibility index (Phi) is 6.66. The molecule has 29 heavy (non-hydrogen) atoms. The van der Waals surface area contributed by atoms with Crippen molar-refractivity contribution in [1.29, 1.82) is 0 Å². The number of rotatable bonds is 5. The molecule has 2 atom stereocenters. The molecule has 8 heteroatoms. The predicted molar refractivity (Wildman–Crippen MR) is 117 cm³/mol. The number of carboxylic acids is 1. The molecule has 5 nitrogen and oxygen atoms in total. The predicted octanol–water partition coefficient (Wildman–Crippen LogP) is 5.37. The largest absolute Gasteiger partial charge is 0.506 e. The topological polar surface area (TPSA) is 77.8 Å². The molecule has 0 aromatic heterocycles. The molecule has 0 bridgehead atoms. The van der Waals surface area contributed by atoms with Crippen LogP contribution in [0.15, 0.2) is 36.4 Å². The van der Waals surface area contributed by atoms with Crippen molar-refractivity contribution in [3.05, 3.63) is 57.6 Å². The molecule has 1 aliphatic heterocycles. The summed E-state index contributed by atoms with van der Waals surface area (Å²) in [5.74, 6) is -1.20. The van der Waals surface area contributed by atoms with E-state index in [1.54, 1.807) is 35.2 Å². The molecule has 1 amide bonds. The highest BCUT2D eigenvalue weighted by Gasteiger charge is 2.38. The molecule has 1 aliphatic rings. The Labute approximate surface area is 183 Å². The number of phenols is 1. The zero-order valence-corrected chi connectivity index (χ0v) is 18.3. The van der Waals surface area contributed by atoms with Gasteiger partial charge in [0.05, 0.1) is 21.9 Å². The van der Waals surface area contributed by atoms with Crippen LogP contribution in [0.4, 0.5) is 5.69 Å². The summed E-state index contributed by atoms with van der Waals surface area (Å²) in [4.78, 5) is 26.4. The summed E-state index contributed by atoms with van der Waals surface area (Å²) in [5, 5.41) is 18.9. The zero-order chi connectivity index (χ0) is 21.3. The van der Waals surface area contributed by atoms with Crippen LogP contribution >= 0.6 is 35.0 Å². The number of thioether (sulfide) groups is 1. The average molecular weight is 454 g/mol. The Bertz CT molecular complexity index is 950. The highest BCUT2D eigenvalue weighted by atomic mass is 35.5. The summed E-state index contributed by atoms with van der Waals surface area (Å²) >= 11 is 13.9. The van der Waals surface area contributed by atoms with Crippen molar-refractivity contribution in [3.63, 3.8) is 0 Å². The number of halogens is 2. The number of carbonyl (C=O) groups excluding carboxylic acids is 1. The Morgan fingerprint density at radius 1 is 1.21 bits per heavy atom. The Morgan fingerprint density at radius 3 is 2.59 bits per heavy atom. The summed E-state index contributed by atoms with van der Waals surface area (Å²) in [6.07, 6.45) is -0.313. The van der Waals surface area contributed by atoms with E-state index in [0.29, 0.717) is 22.8 Å². The minimum atomic E-state index is -1.05. The molecule has 0 fully saturated rings. The minimum absolute atomic E-state index is 0.0715. The number of hydrogen-bond donors (Lipinski definition) is 2. The van der Waals surface area contributed by atoms with Gasteiger partial charge in [-0.3, -0.25) is 9.59 Å². The van der Waals surface area contributed by atoms with Gasteiger partial charge < -0.3 is 15.1 Å². The zero-order valence-electron chi connectivity index (χ0n) is 15.9. The fraction of sp³-hybridized carbons (Fsp3) is 0.333. The first kappa shape index (κ1) is 21.8. The molecule has 3 rings (SSSR count). The number of phenolic OH excluding ortho intramolecular Hbond substituents is 1. The van der Waals surface area contributed by atoms with E-state index >= 15 is 0 Å². The Hall–Kier alpha value is -1.89. The highest BCUT2D eigenvalue weighted by molar-refractivity contribution is 8.01. The third kappa shape index (κ3) is 4.65. The SMILES string of the molecule is CC(C)CN1C(=O)C(CC(=O)O)SC(c2cccc(O)c2Cl)c2cc(Cl)ccc21. The molecular formula is C21H21Cl2NO4S. The lowest BCUT2D eigenvalue weighted by Crippen LogP contribution is -2.40. The van der Waals surface area contributed by atoms with E-state index in [1.807, 2.05) is 13.8 Å². The first-order chi connectivity index (χ1) is 13.7. The number of nitrogens with zero attached hydrogens (tertiary/aromatic N) is 1. The van der Waals surface area contributed by atoms with Gasteiger partial charge in [0, 0.05) is 17.3 Å². The summed E-state index contributed by atoms with van der Waals surface area (Å²) in [6.45, 7) is 4.44. The maximum Gasteiger partial charge on any atom is 0.305 e. The van der Waals surface area contributed by atoms with Crippen molar-refractivity contribution in [1.82, 2.24) is 0 Å². The van der Waals surface area contributed by atoms with Crippen molar-refractivity contribution >= 4 is 52.5 Å². The summed E-state index contributed by atoms with van der Waals surface area (Å²) in [5.41, 5.74) is 2.05. The summed E-state index contributed by atoms with van der Waals surface area (Å²) in [7, 11) is 0. The van der Waals surface area contributed by atoms with Gasteiger partial charge in [-0.2, -0.15) is 0 Å². The number of aliphatic carboxylic acids is 1. The molecule has 0 radical (unpaired) electrons. The van der Waals surface area contributed by atoms with E-state index in [-0.39, 0.29) is 29.0 Å². The van der Waals surface area contributed by atoms with Gasteiger partial charge in [0.1, 0.15) is 5.75 Å². The van der Waals surface area contributed by atoms with Crippen molar-refractivity contribution < 1.29 is 19.8 Å². The fourth-order valence-corrected chi connectivity index (χ4v) is 5.37. The standard InChI is InChI=1S/C21H21Cl2NO4S/c1-11(2)10-24-15-7-6-12(22)8-14(15)20(13-4-3-5-16(25)19(13)23)29-17(21(24)28)9-18(26)27/h3-8,11,17,20,25H,9-10H2,1-2H3,(H,26,27). The molecule has 2 N–H and O–H groups in total. The van der Waals surface area contributed by atoms with Crippen LogP contribution < -0.4 is 4.90 Å². The van der Waals surface area contributed by atoms with Gasteiger partial charge in [0.2, 0.25) is 5.91 Å².